The number of nitrogens with zero attached hydrogens (tertiary/aromatic N) is 1. The number of fused-ring (bicyclic) bond motifs is 9. The van der Waals surface area contributed by atoms with E-state index >= 15 is 0 Å². The minimum absolute atomic E-state index is 0.394. The molecule has 1 aromatic heterocycles. The SMILES string of the molecule is O=S(=O)(Oc1ccc2c3ccc(-c4ccc5c(c4)c4c(n5-c5ccccc5)CCC=C4)cc3c3ccccc3c2c1)C(F)(F)F. The molecule has 0 spiro atoms. The van der Waals surface area contributed by atoms with Crippen molar-refractivity contribution in [2.75, 3.05) is 0 Å². The highest BCUT2D eigenvalue weighted by Crippen LogP contribution is 2.41. The largest absolute Gasteiger partial charge is 0.534 e. The first-order valence-electron chi connectivity index (χ1n) is 14.5. The average molecular weight is 620 g/mol. The van der Waals surface area contributed by atoms with Crippen molar-refractivity contribution >= 4 is 59.4 Å². The normalized spacial score (nSPS) is 13.6. The standard InChI is InChI=1S/C37H24F3NO3S/c38-37(39,40)45(42,43)44-26-16-18-30-29-17-14-23(20-32(29)27-10-4-5-11-28(27)33(30)22-26)24-15-19-36-34(21-24)31-12-6-7-13-35(31)41(36)25-8-2-1-3-9-25/h1-6,8-12,14-22H,7,13H2. The molecule has 8 heteroatoms. The third-order valence-electron chi connectivity index (χ3n) is 8.59. The van der Waals surface area contributed by atoms with Crippen LogP contribution in [0.15, 0.2) is 115 Å². The van der Waals surface area contributed by atoms with E-state index in [1.807, 2.05) is 42.5 Å². The molecule has 0 radical (unpaired) electrons. The van der Waals surface area contributed by atoms with Gasteiger partial charge in [0.25, 0.3) is 0 Å². The Labute approximate surface area is 256 Å². The number of alkyl halides is 3. The van der Waals surface area contributed by atoms with Crippen molar-refractivity contribution in [2.45, 2.75) is 18.3 Å². The number of rotatable bonds is 4. The number of hydrogen-bond donors (Lipinski definition) is 0. The zero-order valence-electron chi connectivity index (χ0n) is 23.7. The van der Waals surface area contributed by atoms with Gasteiger partial charge in [-0.15, -0.1) is 0 Å². The van der Waals surface area contributed by atoms with E-state index in [2.05, 4.69) is 69.4 Å². The molecule has 0 amide bonds. The van der Waals surface area contributed by atoms with E-state index in [-0.39, 0.29) is 0 Å². The summed E-state index contributed by atoms with van der Waals surface area (Å²) in [4.78, 5) is 0. The van der Waals surface area contributed by atoms with E-state index in [0.29, 0.717) is 5.39 Å². The molecule has 1 heterocycles. The van der Waals surface area contributed by atoms with Gasteiger partial charge in [0, 0.05) is 22.3 Å². The van der Waals surface area contributed by atoms with Crippen molar-refractivity contribution in [2.24, 2.45) is 0 Å². The first kappa shape index (κ1) is 27.5. The van der Waals surface area contributed by atoms with Crippen molar-refractivity contribution in [1.29, 1.82) is 0 Å². The van der Waals surface area contributed by atoms with Crippen molar-refractivity contribution < 1.29 is 25.8 Å². The number of para-hydroxylation sites is 1. The monoisotopic (exact) mass is 619 g/mol. The molecule has 222 valence electrons. The smallest absolute Gasteiger partial charge is 0.376 e. The molecule has 8 rings (SSSR count). The highest BCUT2D eigenvalue weighted by atomic mass is 32.2. The summed E-state index contributed by atoms with van der Waals surface area (Å²) in [5, 5.41) is 6.12. The highest BCUT2D eigenvalue weighted by Gasteiger charge is 2.48. The Morgan fingerprint density at radius 2 is 1.24 bits per heavy atom. The van der Waals surface area contributed by atoms with Crippen LogP contribution in [-0.2, 0) is 16.5 Å². The fraction of sp³-hybridized carbons (Fsp3) is 0.0811. The van der Waals surface area contributed by atoms with Crippen LogP contribution >= 0.6 is 0 Å². The predicted octanol–water partition coefficient (Wildman–Crippen LogP) is 9.94. The van der Waals surface area contributed by atoms with Crippen LogP contribution < -0.4 is 4.18 Å². The zero-order chi connectivity index (χ0) is 30.9. The van der Waals surface area contributed by atoms with Gasteiger partial charge in [-0.05, 0) is 105 Å². The van der Waals surface area contributed by atoms with Crippen LogP contribution in [0.25, 0.3) is 66.1 Å². The predicted molar refractivity (Wildman–Crippen MR) is 174 cm³/mol. The molecule has 0 saturated carbocycles. The summed E-state index contributed by atoms with van der Waals surface area (Å²) in [6.45, 7) is 0. The molecular weight excluding hydrogens is 595 g/mol. The molecule has 7 aromatic rings. The minimum Gasteiger partial charge on any atom is -0.376 e. The maximum absolute atomic E-state index is 13.0. The molecule has 0 unspecified atom stereocenters. The van der Waals surface area contributed by atoms with Gasteiger partial charge in [0.05, 0.1) is 5.52 Å². The first-order valence-corrected chi connectivity index (χ1v) is 15.9. The molecule has 0 bridgehead atoms. The van der Waals surface area contributed by atoms with Crippen LogP contribution in [0.4, 0.5) is 13.2 Å². The van der Waals surface area contributed by atoms with Crippen LogP contribution in [0, 0.1) is 0 Å². The maximum Gasteiger partial charge on any atom is 0.534 e. The molecule has 45 heavy (non-hydrogen) atoms. The lowest BCUT2D eigenvalue weighted by atomic mass is 9.91. The van der Waals surface area contributed by atoms with Gasteiger partial charge in [-0.25, -0.2) is 0 Å². The Bertz CT molecular complexity index is 2440. The second-order valence-electron chi connectivity index (χ2n) is 11.2. The Hall–Kier alpha value is -5.08. The second kappa shape index (κ2) is 9.97. The second-order valence-corrected chi connectivity index (χ2v) is 12.7. The summed E-state index contributed by atoms with van der Waals surface area (Å²) in [7, 11) is -5.79. The topological polar surface area (TPSA) is 48.3 Å². The van der Waals surface area contributed by atoms with Gasteiger partial charge in [0.1, 0.15) is 5.75 Å². The Morgan fingerprint density at radius 1 is 0.644 bits per heavy atom. The third-order valence-corrected chi connectivity index (χ3v) is 9.56. The van der Waals surface area contributed by atoms with Crippen molar-refractivity contribution in [3.63, 3.8) is 0 Å². The van der Waals surface area contributed by atoms with Gasteiger partial charge in [-0.1, -0.05) is 72.8 Å². The highest BCUT2D eigenvalue weighted by molar-refractivity contribution is 7.88. The minimum atomic E-state index is -5.79. The zero-order valence-corrected chi connectivity index (χ0v) is 24.5. The van der Waals surface area contributed by atoms with E-state index in [9.17, 15) is 21.6 Å². The molecule has 4 nitrogen and oxygen atoms in total. The molecule has 0 atom stereocenters. The van der Waals surface area contributed by atoms with Crippen LogP contribution in [0.1, 0.15) is 17.7 Å². The van der Waals surface area contributed by atoms with Crippen LogP contribution in [0.5, 0.6) is 5.75 Å². The fourth-order valence-electron chi connectivity index (χ4n) is 6.61. The summed E-state index contributed by atoms with van der Waals surface area (Å²) in [5.41, 5.74) is 1.42. The molecular formula is C37H24F3NO3S. The van der Waals surface area contributed by atoms with Crippen molar-refractivity contribution in [3.05, 3.63) is 127 Å². The van der Waals surface area contributed by atoms with E-state index < -0.39 is 21.4 Å². The summed E-state index contributed by atoms with van der Waals surface area (Å²) in [5.74, 6) is -0.394. The lowest BCUT2D eigenvalue weighted by molar-refractivity contribution is -0.0500. The van der Waals surface area contributed by atoms with E-state index in [1.54, 1.807) is 6.07 Å². The Morgan fingerprint density at radius 3 is 1.96 bits per heavy atom. The summed E-state index contributed by atoms with van der Waals surface area (Å²) in [6.07, 6.45) is 6.42. The third kappa shape index (κ3) is 4.39. The van der Waals surface area contributed by atoms with Crippen LogP contribution in [0.3, 0.4) is 0 Å². The fourth-order valence-corrected chi connectivity index (χ4v) is 7.07. The van der Waals surface area contributed by atoms with Crippen molar-refractivity contribution in [1.82, 2.24) is 4.57 Å². The van der Waals surface area contributed by atoms with Gasteiger partial charge in [-0.2, -0.15) is 21.6 Å². The number of halogens is 3. The summed E-state index contributed by atoms with van der Waals surface area (Å²) >= 11 is 0. The van der Waals surface area contributed by atoms with Gasteiger partial charge in [0.15, 0.2) is 0 Å². The average Bonchev–Trinajstić information content (AvgIpc) is 3.38. The molecule has 0 aliphatic heterocycles. The van der Waals surface area contributed by atoms with Crippen LogP contribution in [0.2, 0.25) is 0 Å². The van der Waals surface area contributed by atoms with Gasteiger partial charge in [0.2, 0.25) is 0 Å². The Kier molecular flexibility index (Phi) is 6.09. The first-order chi connectivity index (χ1) is 21.7. The van der Waals surface area contributed by atoms with Crippen molar-refractivity contribution in [3.8, 4) is 22.6 Å². The summed E-state index contributed by atoms with van der Waals surface area (Å²) in [6, 6.07) is 35.0. The molecule has 0 saturated heterocycles. The van der Waals surface area contributed by atoms with Gasteiger partial charge in [-0.3, -0.25) is 0 Å². The van der Waals surface area contributed by atoms with E-state index in [4.69, 9.17) is 0 Å². The summed E-state index contributed by atoms with van der Waals surface area (Å²) < 4.78 is 69.2. The Balaban J connectivity index is 1.30. The number of aromatic nitrogens is 1. The lowest BCUT2D eigenvalue weighted by Gasteiger charge is -2.14. The molecule has 0 fully saturated rings. The molecule has 0 N–H and O–H groups in total. The number of benzene rings is 6. The van der Waals surface area contributed by atoms with E-state index in [1.165, 1.54) is 28.8 Å². The molecule has 6 aromatic carbocycles. The molecule has 1 aliphatic carbocycles. The maximum atomic E-state index is 13.0. The lowest BCUT2D eigenvalue weighted by Crippen LogP contribution is -2.28. The van der Waals surface area contributed by atoms with Gasteiger partial charge < -0.3 is 8.75 Å². The molecule has 1 aliphatic rings. The van der Waals surface area contributed by atoms with E-state index in [0.717, 1.165) is 62.1 Å². The van der Waals surface area contributed by atoms with Gasteiger partial charge >= 0.3 is 15.6 Å². The quantitative estimate of drug-likeness (QED) is 0.112. The van der Waals surface area contributed by atoms with Crippen LogP contribution in [-0.4, -0.2) is 18.5 Å². The number of hydrogen-bond acceptors (Lipinski definition) is 3. The number of allylic oxidation sites excluding steroid dienone is 1.